The van der Waals surface area contributed by atoms with Crippen LogP contribution in [0.2, 0.25) is 0 Å². The van der Waals surface area contributed by atoms with E-state index in [0.29, 0.717) is 6.42 Å². The fraction of sp³-hybridized carbons (Fsp3) is 0.583. The standard InChI is InChI=1S/C12H17BrN2OS/c13-10-8-12(17-9-10)11(16)2-1-5-15-6-3-14-4-7-15/h8-9,14H,1-7H2. The molecule has 2 heterocycles. The Morgan fingerprint density at radius 1 is 1.47 bits per heavy atom. The van der Waals surface area contributed by atoms with E-state index in [1.54, 1.807) is 0 Å². The van der Waals surface area contributed by atoms with Crippen molar-refractivity contribution in [2.24, 2.45) is 0 Å². The smallest absolute Gasteiger partial charge is 0.172 e. The van der Waals surface area contributed by atoms with Crippen LogP contribution in [-0.2, 0) is 0 Å². The first kappa shape index (κ1) is 13.2. The van der Waals surface area contributed by atoms with Gasteiger partial charge >= 0.3 is 0 Å². The van der Waals surface area contributed by atoms with Crippen LogP contribution >= 0.6 is 27.3 Å². The maximum Gasteiger partial charge on any atom is 0.172 e. The van der Waals surface area contributed by atoms with E-state index in [1.165, 1.54) is 11.3 Å². The average molecular weight is 317 g/mol. The van der Waals surface area contributed by atoms with E-state index in [2.05, 4.69) is 26.1 Å². The molecule has 1 aliphatic rings. The molecule has 0 atom stereocenters. The second kappa shape index (κ2) is 6.64. The van der Waals surface area contributed by atoms with Crippen molar-refractivity contribution < 1.29 is 4.79 Å². The first-order valence-electron chi connectivity index (χ1n) is 5.96. The van der Waals surface area contributed by atoms with Gasteiger partial charge in [0.25, 0.3) is 0 Å². The Kier molecular flexibility index (Phi) is 5.16. The van der Waals surface area contributed by atoms with Crippen molar-refractivity contribution >= 4 is 33.0 Å². The predicted octanol–water partition coefficient (Wildman–Crippen LogP) is 2.38. The molecule has 1 aliphatic heterocycles. The molecule has 1 saturated heterocycles. The third-order valence-corrected chi connectivity index (χ3v) is 4.66. The van der Waals surface area contributed by atoms with Crippen molar-refractivity contribution in [3.63, 3.8) is 0 Å². The van der Waals surface area contributed by atoms with E-state index in [4.69, 9.17) is 0 Å². The summed E-state index contributed by atoms with van der Waals surface area (Å²) in [5.41, 5.74) is 0. The molecular formula is C12H17BrN2OS. The van der Waals surface area contributed by atoms with Crippen LogP contribution in [0, 0.1) is 0 Å². The van der Waals surface area contributed by atoms with Crippen molar-refractivity contribution in [3.05, 3.63) is 20.8 Å². The van der Waals surface area contributed by atoms with Crippen LogP contribution in [0.15, 0.2) is 15.9 Å². The van der Waals surface area contributed by atoms with Crippen LogP contribution in [0.5, 0.6) is 0 Å². The SMILES string of the molecule is O=C(CCCN1CCNCC1)c1cc(Br)cs1. The van der Waals surface area contributed by atoms with Crippen molar-refractivity contribution in [2.45, 2.75) is 12.8 Å². The largest absolute Gasteiger partial charge is 0.314 e. The average Bonchev–Trinajstić information content (AvgIpc) is 2.77. The van der Waals surface area contributed by atoms with Crippen molar-refractivity contribution in [2.75, 3.05) is 32.7 Å². The summed E-state index contributed by atoms with van der Waals surface area (Å²) >= 11 is 4.90. The van der Waals surface area contributed by atoms with Gasteiger partial charge in [-0.2, -0.15) is 0 Å². The first-order chi connectivity index (χ1) is 8.25. The lowest BCUT2D eigenvalue weighted by Gasteiger charge is -2.26. The molecule has 3 nitrogen and oxygen atoms in total. The highest BCUT2D eigenvalue weighted by Crippen LogP contribution is 2.21. The fourth-order valence-corrected chi connectivity index (χ4v) is 3.38. The van der Waals surface area contributed by atoms with Gasteiger partial charge in [-0.1, -0.05) is 0 Å². The maximum absolute atomic E-state index is 11.9. The number of nitrogens with one attached hydrogen (secondary N) is 1. The Hall–Kier alpha value is -0.230. The number of halogens is 1. The Morgan fingerprint density at radius 3 is 2.88 bits per heavy atom. The summed E-state index contributed by atoms with van der Waals surface area (Å²) in [7, 11) is 0. The zero-order valence-corrected chi connectivity index (χ0v) is 12.1. The van der Waals surface area contributed by atoms with Gasteiger partial charge in [-0.05, 0) is 35.0 Å². The van der Waals surface area contributed by atoms with Crippen LogP contribution in [0.1, 0.15) is 22.5 Å². The summed E-state index contributed by atoms with van der Waals surface area (Å²) in [5, 5.41) is 5.29. The highest BCUT2D eigenvalue weighted by atomic mass is 79.9. The minimum absolute atomic E-state index is 0.274. The number of nitrogens with zero attached hydrogens (tertiary/aromatic N) is 1. The molecule has 0 amide bonds. The monoisotopic (exact) mass is 316 g/mol. The van der Waals surface area contributed by atoms with Crippen molar-refractivity contribution in [3.8, 4) is 0 Å². The second-order valence-corrected chi connectivity index (χ2v) is 6.07. The minimum atomic E-state index is 0.274. The normalized spacial score (nSPS) is 17.2. The molecule has 0 aliphatic carbocycles. The molecule has 1 fully saturated rings. The zero-order chi connectivity index (χ0) is 12.1. The Labute approximate surface area is 114 Å². The van der Waals surface area contributed by atoms with Crippen molar-refractivity contribution in [1.29, 1.82) is 0 Å². The highest BCUT2D eigenvalue weighted by molar-refractivity contribution is 9.10. The lowest BCUT2D eigenvalue weighted by Crippen LogP contribution is -2.43. The lowest BCUT2D eigenvalue weighted by molar-refractivity contribution is 0.0977. The molecule has 17 heavy (non-hydrogen) atoms. The molecular weight excluding hydrogens is 300 g/mol. The summed E-state index contributed by atoms with van der Waals surface area (Å²) in [6.45, 7) is 5.41. The lowest BCUT2D eigenvalue weighted by atomic mass is 10.2. The third-order valence-electron chi connectivity index (χ3n) is 2.93. The van der Waals surface area contributed by atoms with Gasteiger partial charge in [-0.25, -0.2) is 0 Å². The Bertz CT molecular complexity index is 374. The number of hydrogen-bond acceptors (Lipinski definition) is 4. The number of ketones is 1. The van der Waals surface area contributed by atoms with Gasteiger partial charge in [0.15, 0.2) is 5.78 Å². The molecule has 1 N–H and O–H groups in total. The summed E-state index contributed by atoms with van der Waals surface area (Å²) in [5.74, 6) is 0.274. The van der Waals surface area contributed by atoms with Gasteiger partial charge in [0, 0.05) is 42.5 Å². The minimum Gasteiger partial charge on any atom is -0.314 e. The Balaban J connectivity index is 1.69. The molecule has 1 aromatic heterocycles. The van der Waals surface area contributed by atoms with Crippen LogP contribution < -0.4 is 5.32 Å². The van der Waals surface area contributed by atoms with Crippen LogP contribution in [0.4, 0.5) is 0 Å². The third kappa shape index (κ3) is 4.17. The Morgan fingerprint density at radius 2 is 2.24 bits per heavy atom. The van der Waals surface area contributed by atoms with Gasteiger partial charge in [0.05, 0.1) is 4.88 Å². The highest BCUT2D eigenvalue weighted by Gasteiger charge is 2.11. The second-order valence-electron chi connectivity index (χ2n) is 4.25. The number of rotatable bonds is 5. The molecule has 0 saturated carbocycles. The van der Waals surface area contributed by atoms with E-state index < -0.39 is 0 Å². The van der Waals surface area contributed by atoms with Gasteiger partial charge in [-0.15, -0.1) is 11.3 Å². The van der Waals surface area contributed by atoms with E-state index in [9.17, 15) is 4.79 Å². The molecule has 1 aromatic rings. The molecule has 2 rings (SSSR count). The van der Waals surface area contributed by atoms with Crippen LogP contribution in [-0.4, -0.2) is 43.4 Å². The molecule has 0 radical (unpaired) electrons. The molecule has 0 spiro atoms. The summed E-state index contributed by atoms with van der Waals surface area (Å²) in [6.07, 6.45) is 1.63. The van der Waals surface area contributed by atoms with E-state index >= 15 is 0 Å². The first-order valence-corrected chi connectivity index (χ1v) is 7.63. The maximum atomic E-state index is 11.9. The van der Waals surface area contributed by atoms with Crippen molar-refractivity contribution in [1.82, 2.24) is 10.2 Å². The fourth-order valence-electron chi connectivity index (χ4n) is 1.98. The van der Waals surface area contributed by atoms with Crippen LogP contribution in [0.25, 0.3) is 0 Å². The number of piperazine rings is 1. The number of carbonyl (C=O) groups excluding carboxylic acids is 1. The van der Waals surface area contributed by atoms with Gasteiger partial charge in [0.1, 0.15) is 0 Å². The van der Waals surface area contributed by atoms with E-state index in [-0.39, 0.29) is 5.78 Å². The quantitative estimate of drug-likeness (QED) is 0.846. The zero-order valence-electron chi connectivity index (χ0n) is 9.75. The number of Topliss-reactive ketones (excluding diaryl/α,β-unsaturated/α-hetero) is 1. The molecule has 0 bridgehead atoms. The molecule has 94 valence electrons. The summed E-state index contributed by atoms with van der Waals surface area (Å²) in [6, 6.07) is 1.91. The summed E-state index contributed by atoms with van der Waals surface area (Å²) < 4.78 is 1.01. The molecule has 5 heteroatoms. The van der Waals surface area contributed by atoms with E-state index in [0.717, 1.165) is 48.5 Å². The van der Waals surface area contributed by atoms with Gasteiger partial charge < -0.3 is 10.2 Å². The predicted molar refractivity (Wildman–Crippen MR) is 74.9 cm³/mol. The topological polar surface area (TPSA) is 32.3 Å². The van der Waals surface area contributed by atoms with Crippen LogP contribution in [0.3, 0.4) is 0 Å². The number of carbonyl (C=O) groups is 1. The molecule has 0 aromatic carbocycles. The van der Waals surface area contributed by atoms with Gasteiger partial charge in [-0.3, -0.25) is 4.79 Å². The van der Waals surface area contributed by atoms with Gasteiger partial charge in [0.2, 0.25) is 0 Å². The van der Waals surface area contributed by atoms with E-state index in [1.807, 2.05) is 11.4 Å². The molecule has 0 unspecified atom stereocenters. The summed E-state index contributed by atoms with van der Waals surface area (Å²) in [4.78, 5) is 15.2. The number of thiophene rings is 1. The number of hydrogen-bond donors (Lipinski definition) is 1.